The van der Waals surface area contributed by atoms with E-state index < -0.39 is 28.5 Å². The lowest BCUT2D eigenvalue weighted by molar-refractivity contribution is -0.139. The molecule has 11 heteroatoms. The highest BCUT2D eigenvalue weighted by Crippen LogP contribution is 2.32. The lowest BCUT2D eigenvalue weighted by Crippen LogP contribution is -2.52. The first-order valence-electron chi connectivity index (χ1n) is 13.8. The second-order valence-corrected chi connectivity index (χ2v) is 13.2. The molecule has 4 rings (SSSR count). The third kappa shape index (κ3) is 7.56. The molecule has 42 heavy (non-hydrogen) atoms. The summed E-state index contributed by atoms with van der Waals surface area (Å²) >= 11 is 12.6. The molecule has 224 valence electrons. The number of benzene rings is 3. The molecule has 1 saturated carbocycles. The van der Waals surface area contributed by atoms with Crippen LogP contribution in [0.4, 0.5) is 5.69 Å². The number of anilines is 1. The molecular weight excluding hydrogens is 597 g/mol. The van der Waals surface area contributed by atoms with Gasteiger partial charge in [-0.3, -0.25) is 13.9 Å². The number of amides is 2. The van der Waals surface area contributed by atoms with Gasteiger partial charge in [0.15, 0.2) is 0 Å². The Labute approximate surface area is 257 Å². The molecule has 0 radical (unpaired) electrons. The van der Waals surface area contributed by atoms with E-state index in [1.807, 2.05) is 6.92 Å². The van der Waals surface area contributed by atoms with Gasteiger partial charge in [-0.15, -0.1) is 0 Å². The van der Waals surface area contributed by atoms with Gasteiger partial charge in [-0.1, -0.05) is 65.9 Å². The van der Waals surface area contributed by atoms with Crippen LogP contribution >= 0.6 is 23.2 Å². The van der Waals surface area contributed by atoms with Gasteiger partial charge in [0.25, 0.3) is 10.0 Å². The van der Waals surface area contributed by atoms with Crippen molar-refractivity contribution in [3.05, 3.63) is 87.9 Å². The average Bonchev–Trinajstić information content (AvgIpc) is 3.47. The largest absolute Gasteiger partial charge is 0.495 e. The summed E-state index contributed by atoms with van der Waals surface area (Å²) in [6.07, 6.45) is 3.87. The third-order valence-corrected chi connectivity index (χ3v) is 9.74. The monoisotopic (exact) mass is 631 g/mol. The molecule has 0 saturated heterocycles. The number of nitrogens with one attached hydrogen (secondary N) is 1. The number of carbonyl (C=O) groups is 2. The van der Waals surface area contributed by atoms with Crippen molar-refractivity contribution in [1.29, 1.82) is 0 Å². The van der Waals surface area contributed by atoms with E-state index >= 15 is 0 Å². The average molecular weight is 633 g/mol. The minimum absolute atomic E-state index is 0.0151. The molecular formula is C31H35Cl2N3O5S. The van der Waals surface area contributed by atoms with Crippen LogP contribution in [0.3, 0.4) is 0 Å². The SMILES string of the molecule is COc1ccc(N(CC(=O)N(Cc2cccc(Cl)c2)[C@H](C)C(=O)NC2CCCC2)S(=O)(=O)c2ccc(C)cc2)cc1Cl. The summed E-state index contributed by atoms with van der Waals surface area (Å²) in [7, 11) is -2.76. The smallest absolute Gasteiger partial charge is 0.264 e. The van der Waals surface area contributed by atoms with Crippen molar-refractivity contribution < 1.29 is 22.7 Å². The van der Waals surface area contributed by atoms with Crippen LogP contribution in [0.2, 0.25) is 10.0 Å². The molecule has 1 atom stereocenters. The quantitative estimate of drug-likeness (QED) is 0.281. The Balaban J connectivity index is 1.71. The first kappa shape index (κ1) is 31.7. The molecule has 3 aromatic rings. The fraction of sp³-hybridized carbons (Fsp3) is 0.355. The van der Waals surface area contributed by atoms with E-state index in [0.29, 0.717) is 16.3 Å². The van der Waals surface area contributed by atoms with Crippen LogP contribution in [-0.4, -0.2) is 50.9 Å². The predicted octanol–water partition coefficient (Wildman–Crippen LogP) is 5.98. The van der Waals surface area contributed by atoms with Gasteiger partial charge in [-0.25, -0.2) is 8.42 Å². The van der Waals surface area contributed by atoms with E-state index in [0.717, 1.165) is 35.6 Å². The molecule has 3 aromatic carbocycles. The van der Waals surface area contributed by atoms with Crippen LogP contribution in [0.25, 0.3) is 0 Å². The Morgan fingerprint density at radius 1 is 1.02 bits per heavy atom. The van der Waals surface area contributed by atoms with Gasteiger partial charge in [0, 0.05) is 17.6 Å². The number of hydrogen-bond acceptors (Lipinski definition) is 5. The number of methoxy groups -OCH3 is 1. The van der Waals surface area contributed by atoms with Crippen molar-refractivity contribution in [2.45, 2.75) is 63.1 Å². The van der Waals surface area contributed by atoms with Crippen LogP contribution in [0.1, 0.15) is 43.7 Å². The number of halogens is 2. The summed E-state index contributed by atoms with van der Waals surface area (Å²) < 4.78 is 34.2. The van der Waals surface area contributed by atoms with Crippen molar-refractivity contribution in [2.75, 3.05) is 18.0 Å². The standard InChI is InChI=1S/C31H35Cl2N3O5S/c1-21-11-14-27(15-12-21)42(39,40)36(26-13-16-29(41-3)28(33)18-26)20-30(37)35(19-23-7-6-8-24(32)17-23)22(2)31(38)34-25-9-4-5-10-25/h6-8,11-18,22,25H,4-5,9-10,19-20H2,1-3H3,(H,34,38)/t22-/m1/s1. The Morgan fingerprint density at radius 2 is 1.71 bits per heavy atom. The maximum atomic E-state index is 14.1. The van der Waals surface area contributed by atoms with E-state index in [4.69, 9.17) is 27.9 Å². The van der Waals surface area contributed by atoms with E-state index in [9.17, 15) is 18.0 Å². The number of aryl methyl sites for hydroxylation is 1. The lowest BCUT2D eigenvalue weighted by atomic mass is 10.1. The molecule has 2 amide bonds. The second-order valence-electron chi connectivity index (χ2n) is 10.5. The Kier molecular flexibility index (Phi) is 10.4. The second kappa shape index (κ2) is 13.8. The van der Waals surface area contributed by atoms with Crippen LogP contribution in [0, 0.1) is 6.92 Å². The van der Waals surface area contributed by atoms with Crippen LogP contribution in [0.5, 0.6) is 5.75 Å². The number of carbonyl (C=O) groups excluding carboxylic acids is 2. The highest BCUT2D eigenvalue weighted by Gasteiger charge is 2.33. The predicted molar refractivity (Wildman–Crippen MR) is 166 cm³/mol. The molecule has 0 aromatic heterocycles. The van der Waals surface area contributed by atoms with Gasteiger partial charge in [0.2, 0.25) is 11.8 Å². The molecule has 1 aliphatic rings. The van der Waals surface area contributed by atoms with Crippen molar-refractivity contribution in [2.24, 2.45) is 0 Å². The van der Waals surface area contributed by atoms with Crippen LogP contribution in [0.15, 0.2) is 71.6 Å². The highest BCUT2D eigenvalue weighted by molar-refractivity contribution is 7.92. The summed E-state index contributed by atoms with van der Waals surface area (Å²) in [5, 5.41) is 3.73. The maximum Gasteiger partial charge on any atom is 0.264 e. The van der Waals surface area contributed by atoms with Gasteiger partial charge in [-0.05, 0) is 74.7 Å². The zero-order valence-electron chi connectivity index (χ0n) is 23.8. The molecule has 0 aliphatic heterocycles. The summed E-state index contributed by atoms with van der Waals surface area (Å²) in [5.41, 5.74) is 1.77. The minimum atomic E-state index is -4.22. The molecule has 0 spiro atoms. The third-order valence-electron chi connectivity index (χ3n) is 7.42. The summed E-state index contributed by atoms with van der Waals surface area (Å²) in [6.45, 7) is 2.99. The van der Waals surface area contributed by atoms with Gasteiger partial charge >= 0.3 is 0 Å². The Hall–Kier alpha value is -3.27. The number of nitrogens with zero attached hydrogens (tertiary/aromatic N) is 2. The van der Waals surface area contributed by atoms with Crippen molar-refractivity contribution in [1.82, 2.24) is 10.2 Å². The molecule has 8 nitrogen and oxygen atoms in total. The number of hydrogen-bond donors (Lipinski definition) is 1. The summed E-state index contributed by atoms with van der Waals surface area (Å²) in [4.78, 5) is 28.8. The summed E-state index contributed by atoms with van der Waals surface area (Å²) in [5.74, 6) is -0.497. The van der Waals surface area contributed by atoms with Gasteiger partial charge in [0.05, 0.1) is 22.7 Å². The molecule has 1 aliphatic carbocycles. The van der Waals surface area contributed by atoms with Crippen molar-refractivity contribution in [3.63, 3.8) is 0 Å². The zero-order chi connectivity index (χ0) is 30.4. The molecule has 1 N–H and O–H groups in total. The first-order valence-corrected chi connectivity index (χ1v) is 16.0. The minimum Gasteiger partial charge on any atom is -0.495 e. The molecule has 0 heterocycles. The fourth-order valence-corrected chi connectivity index (χ4v) is 6.85. The van der Waals surface area contributed by atoms with Crippen molar-refractivity contribution >= 4 is 50.7 Å². The summed E-state index contributed by atoms with van der Waals surface area (Å²) in [6, 6.07) is 17.1. The van der Waals surface area contributed by atoms with Crippen LogP contribution < -0.4 is 14.4 Å². The normalized spacial score (nSPS) is 14.3. The van der Waals surface area contributed by atoms with E-state index in [-0.39, 0.29) is 34.1 Å². The molecule has 0 bridgehead atoms. The lowest BCUT2D eigenvalue weighted by Gasteiger charge is -2.32. The number of sulfonamides is 1. The Morgan fingerprint density at radius 3 is 2.33 bits per heavy atom. The van der Waals surface area contributed by atoms with Crippen molar-refractivity contribution in [3.8, 4) is 5.75 Å². The number of ether oxygens (including phenoxy) is 1. The Bertz CT molecular complexity index is 1530. The highest BCUT2D eigenvalue weighted by atomic mass is 35.5. The van der Waals surface area contributed by atoms with E-state index in [1.165, 1.54) is 36.3 Å². The van der Waals surface area contributed by atoms with Crippen LogP contribution in [-0.2, 0) is 26.2 Å². The fourth-order valence-electron chi connectivity index (χ4n) is 4.98. The maximum absolute atomic E-state index is 14.1. The van der Waals surface area contributed by atoms with Gasteiger partial charge in [0.1, 0.15) is 18.3 Å². The zero-order valence-corrected chi connectivity index (χ0v) is 26.2. The first-order chi connectivity index (χ1) is 20.0. The van der Waals surface area contributed by atoms with Gasteiger partial charge in [-0.2, -0.15) is 0 Å². The van der Waals surface area contributed by atoms with E-state index in [1.54, 1.807) is 49.4 Å². The van der Waals surface area contributed by atoms with Gasteiger partial charge < -0.3 is 15.0 Å². The van der Waals surface area contributed by atoms with E-state index in [2.05, 4.69) is 5.32 Å². The topological polar surface area (TPSA) is 96.0 Å². The number of rotatable bonds is 11. The molecule has 0 unspecified atom stereocenters. The molecule has 1 fully saturated rings.